The number of nitrogens with one attached hydrogen (secondary N) is 1. The van der Waals surface area contributed by atoms with E-state index in [2.05, 4.69) is 21.8 Å². The van der Waals surface area contributed by atoms with E-state index in [0.717, 1.165) is 18.7 Å². The molecule has 0 fully saturated rings. The molecule has 0 unspecified atom stereocenters. The van der Waals surface area contributed by atoms with Crippen LogP contribution in [-0.4, -0.2) is 40.8 Å². The van der Waals surface area contributed by atoms with Crippen LogP contribution in [0.15, 0.2) is 24.9 Å². The fraction of sp³-hybridized carbons (Fsp3) is 0.333. The smallest absolute Gasteiger partial charge is 0.409 e. The van der Waals surface area contributed by atoms with Crippen molar-refractivity contribution in [2.75, 3.05) is 25.0 Å². The van der Waals surface area contributed by atoms with Gasteiger partial charge < -0.3 is 9.84 Å². The summed E-state index contributed by atoms with van der Waals surface area (Å²) in [5.74, 6) is 0.567. The Morgan fingerprint density at radius 3 is 3.28 bits per heavy atom. The Hall–Kier alpha value is -2.08. The standard InChI is InChI=1S/C12H15N3O3/c1-2-3-15-4-5-18-11-9(8-15)6-10(7-13-11)14-12(16)17/h2,6-7,14H,1,3-5,8H2,(H,16,17). The minimum absolute atomic E-state index is 0.449. The predicted molar refractivity (Wildman–Crippen MR) is 66.9 cm³/mol. The van der Waals surface area contributed by atoms with E-state index in [-0.39, 0.29) is 0 Å². The van der Waals surface area contributed by atoms with Crippen LogP contribution in [0.2, 0.25) is 0 Å². The zero-order valence-corrected chi connectivity index (χ0v) is 9.93. The molecule has 1 aromatic heterocycles. The molecule has 0 aromatic carbocycles. The minimum Gasteiger partial charge on any atom is -0.476 e. The lowest BCUT2D eigenvalue weighted by Gasteiger charge is -2.16. The Kier molecular flexibility index (Phi) is 3.78. The SMILES string of the molecule is C=CCN1CCOc2ncc(NC(=O)O)cc2C1. The number of nitrogens with zero attached hydrogens (tertiary/aromatic N) is 2. The van der Waals surface area contributed by atoms with Gasteiger partial charge in [0.1, 0.15) is 6.61 Å². The molecule has 0 spiro atoms. The Balaban J connectivity index is 2.20. The predicted octanol–water partition coefficient (Wildman–Crippen LogP) is 1.55. The molecule has 2 rings (SSSR count). The molecule has 18 heavy (non-hydrogen) atoms. The van der Waals surface area contributed by atoms with Crippen molar-refractivity contribution >= 4 is 11.8 Å². The number of fused-ring (bicyclic) bond motifs is 1. The number of anilines is 1. The molecule has 2 heterocycles. The number of pyridine rings is 1. The molecule has 1 aliphatic rings. The number of carboxylic acid groups (broad SMARTS) is 1. The van der Waals surface area contributed by atoms with Gasteiger partial charge in [0.25, 0.3) is 0 Å². The zero-order chi connectivity index (χ0) is 13.0. The summed E-state index contributed by atoms with van der Waals surface area (Å²) in [4.78, 5) is 16.9. The summed E-state index contributed by atoms with van der Waals surface area (Å²) in [6.07, 6.45) is 2.18. The Bertz CT molecular complexity index is 462. The fourth-order valence-electron chi connectivity index (χ4n) is 1.86. The van der Waals surface area contributed by atoms with Crippen LogP contribution in [-0.2, 0) is 6.54 Å². The second-order valence-corrected chi connectivity index (χ2v) is 3.99. The van der Waals surface area contributed by atoms with Gasteiger partial charge in [0.15, 0.2) is 0 Å². The largest absolute Gasteiger partial charge is 0.476 e. The zero-order valence-electron chi connectivity index (χ0n) is 9.93. The first-order chi connectivity index (χ1) is 8.69. The first-order valence-corrected chi connectivity index (χ1v) is 5.64. The normalized spacial score (nSPS) is 15.1. The molecular weight excluding hydrogens is 234 g/mol. The molecule has 0 aliphatic carbocycles. The van der Waals surface area contributed by atoms with Crippen molar-refractivity contribution in [1.29, 1.82) is 0 Å². The van der Waals surface area contributed by atoms with Crippen LogP contribution in [0.1, 0.15) is 5.56 Å². The van der Waals surface area contributed by atoms with Gasteiger partial charge in [-0.05, 0) is 6.07 Å². The Labute approximate surface area is 105 Å². The maximum atomic E-state index is 10.6. The van der Waals surface area contributed by atoms with Crippen LogP contribution in [0, 0.1) is 0 Å². The Morgan fingerprint density at radius 2 is 2.56 bits per heavy atom. The maximum absolute atomic E-state index is 10.6. The monoisotopic (exact) mass is 249 g/mol. The van der Waals surface area contributed by atoms with Gasteiger partial charge in [-0.3, -0.25) is 10.2 Å². The molecule has 0 radical (unpaired) electrons. The number of rotatable bonds is 3. The minimum atomic E-state index is -1.10. The van der Waals surface area contributed by atoms with Crippen molar-refractivity contribution in [2.24, 2.45) is 0 Å². The van der Waals surface area contributed by atoms with E-state index in [1.165, 1.54) is 6.20 Å². The molecule has 96 valence electrons. The number of hydrogen-bond acceptors (Lipinski definition) is 4. The number of aromatic nitrogens is 1. The van der Waals surface area contributed by atoms with Gasteiger partial charge in [0.2, 0.25) is 5.88 Å². The molecule has 1 aromatic rings. The molecule has 0 saturated carbocycles. The van der Waals surface area contributed by atoms with Gasteiger partial charge in [-0.1, -0.05) is 6.08 Å². The summed E-state index contributed by atoms with van der Waals surface area (Å²) in [7, 11) is 0. The lowest BCUT2D eigenvalue weighted by molar-refractivity contribution is 0.209. The molecule has 0 atom stereocenters. The van der Waals surface area contributed by atoms with Gasteiger partial charge in [-0.25, -0.2) is 9.78 Å². The summed E-state index contributed by atoms with van der Waals surface area (Å²) >= 11 is 0. The third-order valence-corrected chi connectivity index (χ3v) is 2.60. The van der Waals surface area contributed by atoms with E-state index >= 15 is 0 Å². The van der Waals surface area contributed by atoms with Gasteiger partial charge >= 0.3 is 6.09 Å². The van der Waals surface area contributed by atoms with Crippen LogP contribution in [0.25, 0.3) is 0 Å². The van der Waals surface area contributed by atoms with Gasteiger partial charge in [-0.2, -0.15) is 0 Å². The molecule has 0 bridgehead atoms. The maximum Gasteiger partial charge on any atom is 0.409 e. The second kappa shape index (κ2) is 5.50. The van der Waals surface area contributed by atoms with Crippen LogP contribution < -0.4 is 10.1 Å². The first kappa shape index (κ1) is 12.4. The van der Waals surface area contributed by atoms with Gasteiger partial charge in [-0.15, -0.1) is 6.58 Å². The van der Waals surface area contributed by atoms with Crippen molar-refractivity contribution in [3.05, 3.63) is 30.5 Å². The molecule has 1 amide bonds. The first-order valence-electron chi connectivity index (χ1n) is 5.64. The van der Waals surface area contributed by atoms with E-state index in [9.17, 15) is 4.79 Å². The van der Waals surface area contributed by atoms with Crippen molar-refractivity contribution in [2.45, 2.75) is 6.54 Å². The van der Waals surface area contributed by atoms with Gasteiger partial charge in [0, 0.05) is 25.2 Å². The summed E-state index contributed by atoms with van der Waals surface area (Å²) < 4.78 is 5.52. The molecule has 6 heteroatoms. The van der Waals surface area contributed by atoms with Gasteiger partial charge in [0.05, 0.1) is 11.9 Å². The van der Waals surface area contributed by atoms with Crippen molar-refractivity contribution in [3.8, 4) is 5.88 Å². The highest BCUT2D eigenvalue weighted by molar-refractivity contribution is 5.82. The number of carbonyl (C=O) groups is 1. The molecule has 6 nitrogen and oxygen atoms in total. The summed E-state index contributed by atoms with van der Waals surface area (Å²) in [5, 5.41) is 11.0. The summed E-state index contributed by atoms with van der Waals surface area (Å²) in [6.45, 7) is 6.51. The highest BCUT2D eigenvalue weighted by Crippen LogP contribution is 2.23. The Morgan fingerprint density at radius 1 is 1.72 bits per heavy atom. The molecule has 0 saturated heterocycles. The quantitative estimate of drug-likeness (QED) is 0.795. The average Bonchev–Trinajstić information content (AvgIpc) is 2.50. The number of hydrogen-bond donors (Lipinski definition) is 2. The van der Waals surface area contributed by atoms with Crippen molar-refractivity contribution < 1.29 is 14.6 Å². The molecule has 1 aliphatic heterocycles. The van der Waals surface area contributed by atoms with Crippen molar-refractivity contribution in [1.82, 2.24) is 9.88 Å². The summed E-state index contributed by atoms with van der Waals surface area (Å²) in [5.41, 5.74) is 1.32. The van der Waals surface area contributed by atoms with E-state index < -0.39 is 6.09 Å². The highest BCUT2D eigenvalue weighted by Gasteiger charge is 2.16. The van der Waals surface area contributed by atoms with Crippen LogP contribution in [0.5, 0.6) is 5.88 Å². The molecule has 2 N–H and O–H groups in total. The van der Waals surface area contributed by atoms with E-state index in [0.29, 0.717) is 24.7 Å². The summed E-state index contributed by atoms with van der Waals surface area (Å²) in [6, 6.07) is 1.75. The fourth-order valence-corrected chi connectivity index (χ4v) is 1.86. The van der Waals surface area contributed by atoms with Crippen LogP contribution in [0.3, 0.4) is 0 Å². The molecular formula is C12H15N3O3. The van der Waals surface area contributed by atoms with E-state index in [1.807, 2.05) is 6.08 Å². The topological polar surface area (TPSA) is 74.7 Å². The van der Waals surface area contributed by atoms with Crippen molar-refractivity contribution in [3.63, 3.8) is 0 Å². The second-order valence-electron chi connectivity index (χ2n) is 3.99. The van der Waals surface area contributed by atoms with Crippen LogP contribution >= 0.6 is 0 Å². The highest BCUT2D eigenvalue weighted by atomic mass is 16.5. The number of amides is 1. The lowest BCUT2D eigenvalue weighted by Crippen LogP contribution is -2.25. The average molecular weight is 249 g/mol. The third kappa shape index (κ3) is 2.98. The lowest BCUT2D eigenvalue weighted by atomic mass is 10.2. The van der Waals surface area contributed by atoms with E-state index in [1.54, 1.807) is 6.07 Å². The van der Waals surface area contributed by atoms with E-state index in [4.69, 9.17) is 9.84 Å². The number of ether oxygens (including phenoxy) is 1. The third-order valence-electron chi connectivity index (χ3n) is 2.60. The van der Waals surface area contributed by atoms with Crippen LogP contribution in [0.4, 0.5) is 10.5 Å².